The van der Waals surface area contributed by atoms with E-state index in [2.05, 4.69) is 4.74 Å². The van der Waals surface area contributed by atoms with Crippen molar-refractivity contribution < 1.29 is 18.3 Å². The van der Waals surface area contributed by atoms with Crippen molar-refractivity contribution in [3.8, 4) is 0 Å². The van der Waals surface area contributed by atoms with Crippen LogP contribution >= 0.6 is 11.8 Å². The minimum absolute atomic E-state index is 0.228. The molecule has 5 heteroatoms. The summed E-state index contributed by atoms with van der Waals surface area (Å²) < 4.78 is 30.5. The Balaban J connectivity index is 2.43. The first-order chi connectivity index (χ1) is 8.04. The van der Waals surface area contributed by atoms with E-state index in [4.69, 9.17) is 0 Å². The lowest BCUT2D eigenvalue weighted by Gasteiger charge is -2.08. The molecule has 94 valence electrons. The van der Waals surface area contributed by atoms with Crippen molar-refractivity contribution >= 4 is 17.7 Å². The molecule has 1 atom stereocenters. The molecule has 0 aliphatic rings. The van der Waals surface area contributed by atoms with Crippen LogP contribution in [0.25, 0.3) is 0 Å². The van der Waals surface area contributed by atoms with Crippen LogP contribution in [0, 0.1) is 17.6 Å². The Kier molecular flexibility index (Phi) is 5.41. The summed E-state index contributed by atoms with van der Waals surface area (Å²) in [6, 6.07) is 3.50. The van der Waals surface area contributed by atoms with Crippen LogP contribution in [0.5, 0.6) is 0 Å². The van der Waals surface area contributed by atoms with Gasteiger partial charge in [-0.15, -0.1) is 0 Å². The van der Waals surface area contributed by atoms with Crippen molar-refractivity contribution in [1.82, 2.24) is 0 Å². The van der Waals surface area contributed by atoms with Gasteiger partial charge in [0, 0.05) is 17.6 Å². The van der Waals surface area contributed by atoms with Crippen molar-refractivity contribution in [3.63, 3.8) is 0 Å². The maximum absolute atomic E-state index is 13.3. The summed E-state index contributed by atoms with van der Waals surface area (Å²) in [7, 11) is 1.34. The summed E-state index contributed by atoms with van der Waals surface area (Å²) in [4.78, 5) is 11.1. The summed E-state index contributed by atoms with van der Waals surface area (Å²) in [6.07, 6.45) is 0. The first kappa shape index (κ1) is 14.0. The molecule has 1 aromatic carbocycles. The molecule has 0 fully saturated rings. The fraction of sp³-hybridized carbons (Fsp3) is 0.417. The molecule has 0 spiro atoms. The van der Waals surface area contributed by atoms with Gasteiger partial charge in [0.1, 0.15) is 11.6 Å². The Morgan fingerprint density at radius 2 is 2.18 bits per heavy atom. The normalized spacial score (nSPS) is 12.2. The molecule has 0 saturated heterocycles. The van der Waals surface area contributed by atoms with Crippen LogP contribution in [0.15, 0.2) is 18.2 Å². The van der Waals surface area contributed by atoms with Crippen LogP contribution in [0.2, 0.25) is 0 Å². The van der Waals surface area contributed by atoms with Gasteiger partial charge in [-0.1, -0.05) is 13.0 Å². The predicted molar refractivity (Wildman–Crippen MR) is 63.7 cm³/mol. The second-order valence-electron chi connectivity index (χ2n) is 3.68. The highest BCUT2D eigenvalue weighted by Crippen LogP contribution is 2.19. The second kappa shape index (κ2) is 6.59. The number of halogens is 2. The highest BCUT2D eigenvalue weighted by atomic mass is 32.2. The van der Waals surface area contributed by atoms with Crippen LogP contribution in [0.1, 0.15) is 12.5 Å². The minimum Gasteiger partial charge on any atom is -0.469 e. The van der Waals surface area contributed by atoms with Crippen molar-refractivity contribution in [3.05, 3.63) is 35.4 Å². The standard InChI is InChI=1S/C12H14F2O2S/c1-8(12(15)16-2)6-17-7-9-3-4-10(13)5-11(9)14/h3-5,8H,6-7H2,1-2H3. The summed E-state index contributed by atoms with van der Waals surface area (Å²) >= 11 is 1.41. The number of ether oxygens (including phenoxy) is 1. The van der Waals surface area contributed by atoms with E-state index in [1.807, 2.05) is 0 Å². The molecule has 1 unspecified atom stereocenters. The molecule has 0 aliphatic carbocycles. The van der Waals surface area contributed by atoms with Gasteiger partial charge in [-0.05, 0) is 11.6 Å². The van der Waals surface area contributed by atoms with Gasteiger partial charge in [-0.25, -0.2) is 8.78 Å². The fourth-order valence-corrected chi connectivity index (χ4v) is 2.32. The fourth-order valence-electron chi connectivity index (χ4n) is 1.25. The molecule has 0 radical (unpaired) electrons. The minimum atomic E-state index is -0.584. The molecule has 0 amide bonds. The summed E-state index contributed by atoms with van der Waals surface area (Å²) in [5.74, 6) is -0.690. The number of esters is 1. The monoisotopic (exact) mass is 260 g/mol. The van der Waals surface area contributed by atoms with Crippen LogP contribution in [0.3, 0.4) is 0 Å². The van der Waals surface area contributed by atoms with Crippen LogP contribution in [-0.4, -0.2) is 18.8 Å². The maximum atomic E-state index is 13.3. The number of rotatable bonds is 5. The largest absolute Gasteiger partial charge is 0.469 e. The number of benzene rings is 1. The molecule has 2 nitrogen and oxygen atoms in total. The highest BCUT2D eigenvalue weighted by molar-refractivity contribution is 7.98. The zero-order valence-electron chi connectivity index (χ0n) is 9.70. The zero-order valence-corrected chi connectivity index (χ0v) is 10.5. The van der Waals surface area contributed by atoms with Crippen molar-refractivity contribution in [2.24, 2.45) is 5.92 Å². The lowest BCUT2D eigenvalue weighted by Crippen LogP contribution is -2.14. The zero-order chi connectivity index (χ0) is 12.8. The van der Waals surface area contributed by atoms with Gasteiger partial charge >= 0.3 is 5.97 Å². The lowest BCUT2D eigenvalue weighted by atomic mass is 10.2. The summed E-state index contributed by atoms with van der Waals surface area (Å²) in [5, 5.41) is 0. The highest BCUT2D eigenvalue weighted by Gasteiger charge is 2.13. The maximum Gasteiger partial charge on any atom is 0.309 e. The van der Waals surface area contributed by atoms with E-state index in [9.17, 15) is 13.6 Å². The third-order valence-corrected chi connectivity index (χ3v) is 3.49. The molecule has 0 aromatic heterocycles. The first-order valence-corrected chi connectivity index (χ1v) is 6.29. The molecule has 0 saturated carbocycles. The molecule has 17 heavy (non-hydrogen) atoms. The summed E-state index contributed by atoms with van der Waals surface area (Å²) in [5.41, 5.74) is 0.438. The first-order valence-electron chi connectivity index (χ1n) is 5.14. The average Bonchev–Trinajstić information content (AvgIpc) is 2.30. The molecular weight excluding hydrogens is 246 g/mol. The van der Waals surface area contributed by atoms with Crippen LogP contribution < -0.4 is 0 Å². The van der Waals surface area contributed by atoms with E-state index < -0.39 is 11.6 Å². The number of thioether (sulfide) groups is 1. The quantitative estimate of drug-likeness (QED) is 0.761. The van der Waals surface area contributed by atoms with E-state index in [1.165, 1.54) is 31.0 Å². The number of methoxy groups -OCH3 is 1. The predicted octanol–water partition coefficient (Wildman–Crippen LogP) is 3.01. The van der Waals surface area contributed by atoms with Gasteiger partial charge in [0.15, 0.2) is 0 Å². The Morgan fingerprint density at radius 1 is 1.47 bits per heavy atom. The van der Waals surface area contributed by atoms with E-state index in [0.717, 1.165) is 6.07 Å². The Labute approximate surface area is 103 Å². The molecule has 0 aliphatic heterocycles. The van der Waals surface area contributed by atoms with E-state index in [1.54, 1.807) is 6.92 Å². The van der Waals surface area contributed by atoms with E-state index >= 15 is 0 Å². The second-order valence-corrected chi connectivity index (χ2v) is 4.71. The number of hydrogen-bond acceptors (Lipinski definition) is 3. The van der Waals surface area contributed by atoms with Gasteiger partial charge in [-0.2, -0.15) is 11.8 Å². The van der Waals surface area contributed by atoms with Crippen molar-refractivity contribution in [2.75, 3.05) is 12.9 Å². The number of carbonyl (C=O) groups excluding carboxylic acids is 1. The van der Waals surface area contributed by atoms with Gasteiger partial charge in [0.25, 0.3) is 0 Å². The van der Waals surface area contributed by atoms with E-state index in [-0.39, 0.29) is 11.9 Å². The van der Waals surface area contributed by atoms with Gasteiger partial charge in [0.05, 0.1) is 13.0 Å². The van der Waals surface area contributed by atoms with Crippen molar-refractivity contribution in [2.45, 2.75) is 12.7 Å². The van der Waals surface area contributed by atoms with Gasteiger partial charge < -0.3 is 4.74 Å². The lowest BCUT2D eigenvalue weighted by molar-refractivity contribution is -0.143. The molecule has 0 bridgehead atoms. The Bertz CT molecular complexity index is 396. The Morgan fingerprint density at radius 3 is 2.76 bits per heavy atom. The third kappa shape index (κ3) is 4.34. The topological polar surface area (TPSA) is 26.3 Å². The van der Waals surface area contributed by atoms with Crippen LogP contribution in [0.4, 0.5) is 8.78 Å². The van der Waals surface area contributed by atoms with E-state index in [0.29, 0.717) is 17.1 Å². The van der Waals surface area contributed by atoms with Gasteiger partial charge in [0.2, 0.25) is 0 Å². The van der Waals surface area contributed by atoms with Gasteiger partial charge in [-0.3, -0.25) is 4.79 Å². The average molecular weight is 260 g/mol. The SMILES string of the molecule is COC(=O)C(C)CSCc1ccc(F)cc1F. The molecular formula is C12H14F2O2S. The van der Waals surface area contributed by atoms with Crippen molar-refractivity contribution in [1.29, 1.82) is 0 Å². The van der Waals surface area contributed by atoms with Crippen LogP contribution in [-0.2, 0) is 15.3 Å². The molecule has 0 N–H and O–H groups in total. The Hall–Kier alpha value is -1.10. The number of hydrogen-bond donors (Lipinski definition) is 0. The smallest absolute Gasteiger partial charge is 0.309 e. The molecule has 1 rings (SSSR count). The third-order valence-electron chi connectivity index (χ3n) is 2.24. The number of carbonyl (C=O) groups is 1. The molecule has 0 heterocycles. The summed E-state index contributed by atoms with van der Waals surface area (Å²) in [6.45, 7) is 1.75. The molecule has 1 aromatic rings.